The Morgan fingerprint density at radius 3 is 2.67 bits per heavy atom. The molecule has 5 rings (SSSR count). The third kappa shape index (κ3) is 2.03. The number of rotatable bonds is 2. The fourth-order valence-corrected chi connectivity index (χ4v) is 5.66. The van der Waals surface area contributed by atoms with Gasteiger partial charge in [-0.3, -0.25) is 14.5 Å². The largest absolute Gasteiger partial charge is 0.469 e. The van der Waals surface area contributed by atoms with Crippen molar-refractivity contribution in [3.8, 4) is 0 Å². The number of esters is 1. The van der Waals surface area contributed by atoms with Crippen LogP contribution in [0.3, 0.4) is 0 Å². The van der Waals surface area contributed by atoms with Crippen LogP contribution in [0.5, 0.6) is 0 Å². The Morgan fingerprint density at radius 1 is 1.15 bits per heavy atom. The maximum Gasteiger partial charge on any atom is 0.310 e. The predicted octanol–water partition coefficient (Wildman–Crippen LogP) is 2.89. The van der Waals surface area contributed by atoms with E-state index in [1.807, 2.05) is 54.6 Å². The molecule has 3 aliphatic rings. The number of methoxy groups -OCH3 is 1. The number of nitrogens with one attached hydrogen (secondary N) is 1. The number of carbonyl (C=O) groups is 2. The van der Waals surface area contributed by atoms with Gasteiger partial charge in [-0.05, 0) is 31.0 Å². The van der Waals surface area contributed by atoms with Gasteiger partial charge >= 0.3 is 5.97 Å². The molecule has 3 aliphatic heterocycles. The molecule has 2 fully saturated rings. The van der Waals surface area contributed by atoms with Crippen molar-refractivity contribution in [2.75, 3.05) is 19.0 Å². The minimum Gasteiger partial charge on any atom is -0.469 e. The number of anilines is 1. The van der Waals surface area contributed by atoms with E-state index in [9.17, 15) is 9.59 Å². The Balaban J connectivity index is 1.80. The highest BCUT2D eigenvalue weighted by Gasteiger charge is 2.69. The third-order valence-electron chi connectivity index (χ3n) is 6.54. The molecule has 0 aromatic heterocycles. The fraction of sp³-hybridized carbons (Fsp3) is 0.364. The fourth-order valence-electron chi connectivity index (χ4n) is 5.66. The van der Waals surface area contributed by atoms with E-state index in [4.69, 9.17) is 4.74 Å². The Morgan fingerprint density at radius 2 is 1.89 bits per heavy atom. The first-order valence-electron chi connectivity index (χ1n) is 9.50. The number of hydrogen-bond acceptors (Lipinski definition) is 4. The first-order valence-corrected chi connectivity index (χ1v) is 9.50. The molecule has 1 unspecified atom stereocenters. The van der Waals surface area contributed by atoms with Crippen LogP contribution in [0.25, 0.3) is 0 Å². The summed E-state index contributed by atoms with van der Waals surface area (Å²) in [5, 5.41) is 3.09. The first-order chi connectivity index (χ1) is 13.2. The molecule has 5 nitrogen and oxygen atoms in total. The van der Waals surface area contributed by atoms with Crippen LogP contribution < -0.4 is 5.32 Å². The van der Waals surface area contributed by atoms with Crippen LogP contribution in [-0.4, -0.2) is 36.5 Å². The van der Waals surface area contributed by atoms with Gasteiger partial charge in [-0.1, -0.05) is 48.5 Å². The second-order valence-corrected chi connectivity index (χ2v) is 7.61. The highest BCUT2D eigenvalue weighted by Crippen LogP contribution is 2.61. The lowest BCUT2D eigenvalue weighted by Gasteiger charge is -2.37. The number of nitrogens with zero attached hydrogens (tertiary/aromatic N) is 1. The van der Waals surface area contributed by atoms with Crippen molar-refractivity contribution in [2.24, 2.45) is 5.92 Å². The quantitative estimate of drug-likeness (QED) is 0.835. The molecule has 0 saturated carbocycles. The molecule has 0 bridgehead atoms. The number of amides is 1. The van der Waals surface area contributed by atoms with Gasteiger partial charge in [0, 0.05) is 23.2 Å². The van der Waals surface area contributed by atoms with Crippen LogP contribution >= 0.6 is 0 Å². The summed E-state index contributed by atoms with van der Waals surface area (Å²) < 4.78 is 5.22. The number of benzene rings is 2. The summed E-state index contributed by atoms with van der Waals surface area (Å²) in [6.07, 6.45) is 1.89. The number of fused-ring (bicyclic) bond motifs is 4. The molecule has 1 amide bonds. The van der Waals surface area contributed by atoms with E-state index in [0.29, 0.717) is 0 Å². The second kappa shape index (κ2) is 5.92. The molecule has 1 spiro atoms. The monoisotopic (exact) mass is 362 g/mol. The third-order valence-corrected chi connectivity index (χ3v) is 6.54. The van der Waals surface area contributed by atoms with Gasteiger partial charge in [-0.25, -0.2) is 0 Å². The summed E-state index contributed by atoms with van der Waals surface area (Å²) in [6.45, 7) is 0.809. The topological polar surface area (TPSA) is 58.6 Å². The lowest BCUT2D eigenvalue weighted by molar-refractivity contribution is -0.146. The summed E-state index contributed by atoms with van der Waals surface area (Å²) in [6, 6.07) is 17.8. The summed E-state index contributed by atoms with van der Waals surface area (Å²) in [5.41, 5.74) is 1.97. The summed E-state index contributed by atoms with van der Waals surface area (Å²) >= 11 is 0. The first kappa shape index (κ1) is 16.5. The van der Waals surface area contributed by atoms with Gasteiger partial charge in [0.1, 0.15) is 5.54 Å². The minimum absolute atomic E-state index is 0.0135. The van der Waals surface area contributed by atoms with Crippen molar-refractivity contribution in [1.29, 1.82) is 0 Å². The highest BCUT2D eigenvalue weighted by atomic mass is 16.5. The van der Waals surface area contributed by atoms with Crippen molar-refractivity contribution < 1.29 is 14.3 Å². The summed E-state index contributed by atoms with van der Waals surface area (Å²) in [5.74, 6) is -0.900. The zero-order valence-corrected chi connectivity index (χ0v) is 15.2. The van der Waals surface area contributed by atoms with Crippen molar-refractivity contribution in [3.05, 3.63) is 65.7 Å². The predicted molar refractivity (Wildman–Crippen MR) is 101 cm³/mol. The number of carbonyl (C=O) groups excluding carboxylic acids is 2. The Bertz CT molecular complexity index is 913. The van der Waals surface area contributed by atoms with Crippen molar-refractivity contribution in [3.63, 3.8) is 0 Å². The lowest BCUT2D eigenvalue weighted by atomic mass is 9.70. The molecule has 27 heavy (non-hydrogen) atoms. The maximum absolute atomic E-state index is 13.5. The van der Waals surface area contributed by atoms with Crippen LogP contribution in [0.15, 0.2) is 54.6 Å². The molecular formula is C22H22N2O3. The van der Waals surface area contributed by atoms with Crippen molar-refractivity contribution in [1.82, 2.24) is 4.90 Å². The molecule has 1 N–H and O–H groups in total. The minimum atomic E-state index is -0.863. The van der Waals surface area contributed by atoms with Crippen molar-refractivity contribution in [2.45, 2.75) is 30.3 Å². The molecular weight excluding hydrogens is 340 g/mol. The van der Waals surface area contributed by atoms with E-state index in [1.165, 1.54) is 7.11 Å². The van der Waals surface area contributed by atoms with E-state index < -0.39 is 5.54 Å². The molecule has 3 heterocycles. The number of ether oxygens (including phenoxy) is 1. The van der Waals surface area contributed by atoms with Crippen LogP contribution in [0.1, 0.15) is 29.9 Å². The molecule has 0 aliphatic carbocycles. The van der Waals surface area contributed by atoms with E-state index in [-0.39, 0.29) is 29.8 Å². The SMILES string of the molecule is COC(=O)[C@@H]1C2CCCN2[C@@]2(C(=O)Nc3ccccc32)[C@H]1c1ccccc1. The zero-order valence-electron chi connectivity index (χ0n) is 15.2. The lowest BCUT2D eigenvalue weighted by Crippen LogP contribution is -2.50. The van der Waals surface area contributed by atoms with Gasteiger partial charge in [0.05, 0.1) is 13.0 Å². The van der Waals surface area contributed by atoms with Gasteiger partial charge < -0.3 is 10.1 Å². The average molecular weight is 362 g/mol. The van der Waals surface area contributed by atoms with E-state index in [0.717, 1.165) is 36.2 Å². The number of hydrogen-bond donors (Lipinski definition) is 1. The van der Waals surface area contributed by atoms with Crippen LogP contribution in [-0.2, 0) is 19.9 Å². The van der Waals surface area contributed by atoms with E-state index in [2.05, 4.69) is 10.2 Å². The molecule has 138 valence electrons. The van der Waals surface area contributed by atoms with Crippen molar-refractivity contribution >= 4 is 17.6 Å². The van der Waals surface area contributed by atoms with Crippen LogP contribution in [0.2, 0.25) is 0 Å². The molecule has 5 heteroatoms. The maximum atomic E-state index is 13.5. The Labute approximate surface area is 158 Å². The van der Waals surface area contributed by atoms with Gasteiger partial charge in [0.2, 0.25) is 5.91 Å². The van der Waals surface area contributed by atoms with Gasteiger partial charge in [-0.15, -0.1) is 0 Å². The normalized spacial score (nSPS) is 31.6. The number of para-hydroxylation sites is 1. The molecule has 2 aromatic carbocycles. The van der Waals surface area contributed by atoms with E-state index >= 15 is 0 Å². The zero-order chi connectivity index (χ0) is 18.6. The smallest absolute Gasteiger partial charge is 0.310 e. The summed E-state index contributed by atoms with van der Waals surface area (Å²) in [4.78, 5) is 28.7. The van der Waals surface area contributed by atoms with Gasteiger partial charge in [0.15, 0.2) is 0 Å². The second-order valence-electron chi connectivity index (χ2n) is 7.61. The molecule has 2 aromatic rings. The molecule has 0 radical (unpaired) electrons. The Kier molecular flexibility index (Phi) is 3.62. The standard InChI is InChI=1S/C22H22N2O3/c1-27-20(25)18-17-12-7-13-24(17)22(19(18)14-8-3-2-4-9-14)15-10-5-6-11-16(15)23-21(22)26/h2-6,8-11,17-19H,7,12-13H2,1H3,(H,23,26)/t17?,18-,19+,22-/m1/s1. The van der Waals surface area contributed by atoms with Gasteiger partial charge in [0.25, 0.3) is 0 Å². The summed E-state index contributed by atoms with van der Waals surface area (Å²) in [7, 11) is 1.44. The average Bonchev–Trinajstić information content (AvgIpc) is 3.35. The van der Waals surface area contributed by atoms with E-state index in [1.54, 1.807) is 0 Å². The molecule has 4 atom stereocenters. The van der Waals surface area contributed by atoms with Crippen LogP contribution in [0, 0.1) is 5.92 Å². The van der Waals surface area contributed by atoms with Crippen LogP contribution in [0.4, 0.5) is 5.69 Å². The molecule has 2 saturated heterocycles. The highest BCUT2D eigenvalue weighted by molar-refractivity contribution is 6.07. The van der Waals surface area contributed by atoms with Gasteiger partial charge in [-0.2, -0.15) is 0 Å². The Hall–Kier alpha value is -2.66.